The fourth-order valence-corrected chi connectivity index (χ4v) is 0.750. The smallest absolute Gasteiger partial charge is 0.204 e. The van der Waals surface area contributed by atoms with Gasteiger partial charge in [0.05, 0.1) is 0 Å². The van der Waals surface area contributed by atoms with E-state index < -0.39 is 18.3 Å². The molecule has 0 radical (unpaired) electrons. The minimum atomic E-state index is -3.87. The molecule has 1 atom stereocenters. The fraction of sp³-hybridized carbons (Fsp3) is 1.00. The van der Waals surface area contributed by atoms with E-state index in [-0.39, 0.29) is 5.33 Å². The predicted molar refractivity (Wildman–Crippen MR) is 33.9 cm³/mol. The molecule has 0 aliphatic heterocycles. The normalized spacial score (nSPS) is 15.9. The average Bonchev–Trinajstić information content (AvgIpc) is 1.86. The van der Waals surface area contributed by atoms with Gasteiger partial charge in [0.2, 0.25) is 0 Å². The van der Waals surface area contributed by atoms with Crippen molar-refractivity contribution in [3.05, 3.63) is 0 Å². The molecule has 0 N–H and O–H groups in total. The van der Waals surface area contributed by atoms with E-state index in [0.717, 1.165) is 6.92 Å². The Balaban J connectivity index is 4.09. The molecule has 0 aliphatic carbocycles. The van der Waals surface area contributed by atoms with Crippen molar-refractivity contribution < 1.29 is 17.6 Å². The number of hydrogen-bond acceptors (Lipinski definition) is 0. The number of alkyl halides is 5. The Bertz CT molecular complexity index is 104. The van der Waals surface area contributed by atoms with Gasteiger partial charge in [0.15, 0.2) is 0 Å². The maximum absolute atomic E-state index is 12.2. The molecule has 0 aliphatic rings. The van der Waals surface area contributed by atoms with Crippen LogP contribution >= 0.6 is 15.9 Å². The minimum Gasteiger partial charge on any atom is -0.204 e. The summed E-state index contributed by atoms with van der Waals surface area (Å²) in [6.45, 7) is 1.07. The summed E-state index contributed by atoms with van der Waals surface area (Å²) in [6, 6.07) is 0. The van der Waals surface area contributed by atoms with E-state index in [0.29, 0.717) is 0 Å². The van der Waals surface area contributed by atoms with Crippen molar-refractivity contribution in [3.63, 3.8) is 0 Å². The Hall–Kier alpha value is 0.200. The second-order valence-electron chi connectivity index (χ2n) is 2.03. The van der Waals surface area contributed by atoms with Gasteiger partial charge >= 0.3 is 12.3 Å². The summed E-state index contributed by atoms with van der Waals surface area (Å²) in [4.78, 5) is 0. The lowest BCUT2D eigenvalue weighted by atomic mass is 10.1. The lowest BCUT2D eigenvalue weighted by Gasteiger charge is -2.20. The van der Waals surface area contributed by atoms with Crippen molar-refractivity contribution in [1.82, 2.24) is 0 Å². The van der Waals surface area contributed by atoms with Gasteiger partial charge in [-0.25, -0.2) is 8.78 Å². The predicted octanol–water partition coefficient (Wildman–Crippen LogP) is 2.92. The zero-order chi connectivity index (χ0) is 8.36. The van der Waals surface area contributed by atoms with Crippen LogP contribution in [0.3, 0.4) is 0 Å². The van der Waals surface area contributed by atoms with Crippen molar-refractivity contribution in [1.29, 1.82) is 0 Å². The highest BCUT2D eigenvalue weighted by Crippen LogP contribution is 2.31. The topological polar surface area (TPSA) is 0 Å². The van der Waals surface area contributed by atoms with E-state index in [1.165, 1.54) is 0 Å². The molecule has 0 saturated carbocycles. The third-order valence-corrected chi connectivity index (χ3v) is 2.15. The van der Waals surface area contributed by atoms with E-state index in [1.807, 2.05) is 0 Å². The van der Waals surface area contributed by atoms with Crippen LogP contribution in [0.1, 0.15) is 6.92 Å². The molecular weight excluding hydrogens is 216 g/mol. The molecule has 0 aromatic carbocycles. The van der Waals surface area contributed by atoms with Crippen molar-refractivity contribution in [2.75, 3.05) is 5.33 Å². The number of rotatable bonds is 3. The third kappa shape index (κ3) is 2.11. The van der Waals surface area contributed by atoms with E-state index in [2.05, 4.69) is 15.9 Å². The summed E-state index contributed by atoms with van der Waals surface area (Å²) in [7, 11) is 0. The number of halogens is 5. The van der Waals surface area contributed by atoms with Crippen molar-refractivity contribution in [3.8, 4) is 0 Å². The van der Waals surface area contributed by atoms with Crippen LogP contribution in [0.2, 0.25) is 0 Å². The molecule has 0 aromatic rings. The quantitative estimate of drug-likeness (QED) is 0.509. The Morgan fingerprint density at radius 1 is 1.40 bits per heavy atom. The van der Waals surface area contributed by atoms with Gasteiger partial charge in [0.1, 0.15) is 0 Å². The highest BCUT2D eigenvalue weighted by molar-refractivity contribution is 9.09. The van der Waals surface area contributed by atoms with Gasteiger partial charge in [0.25, 0.3) is 0 Å². The largest absolute Gasteiger partial charge is 0.310 e. The van der Waals surface area contributed by atoms with Crippen LogP contribution in [0.15, 0.2) is 0 Å². The molecule has 0 heterocycles. The van der Waals surface area contributed by atoms with Gasteiger partial charge in [-0.1, -0.05) is 22.9 Å². The first kappa shape index (κ1) is 10.2. The summed E-state index contributed by atoms with van der Waals surface area (Å²) in [5, 5.41) is -0.121. The third-order valence-electron chi connectivity index (χ3n) is 1.18. The summed E-state index contributed by atoms with van der Waals surface area (Å²) >= 11 is 2.71. The van der Waals surface area contributed by atoms with Gasteiger partial charge in [0, 0.05) is 11.2 Å². The monoisotopic (exact) mass is 222 g/mol. The summed E-state index contributed by atoms with van der Waals surface area (Å²) in [5.41, 5.74) is 0. The summed E-state index contributed by atoms with van der Waals surface area (Å²) in [6.07, 6.45) is -3.57. The molecule has 0 rings (SSSR count). The van der Waals surface area contributed by atoms with Gasteiger partial charge in [-0.2, -0.15) is 8.78 Å². The molecule has 0 nitrogen and oxygen atoms in total. The standard InChI is InChI=1S/C5H7BrF4/c1-3(2-6)5(9,10)4(7)8/h3-4H,2H2,1H3. The van der Waals surface area contributed by atoms with Crippen LogP contribution in [0.5, 0.6) is 0 Å². The molecule has 62 valence electrons. The van der Waals surface area contributed by atoms with E-state index >= 15 is 0 Å². The molecule has 0 amide bonds. The molecule has 0 spiro atoms. The Morgan fingerprint density at radius 2 is 1.80 bits per heavy atom. The Labute approximate surface area is 64.7 Å². The van der Waals surface area contributed by atoms with Crippen LogP contribution in [0.25, 0.3) is 0 Å². The Kier molecular flexibility index (Phi) is 3.62. The molecular formula is C5H7BrF4. The maximum Gasteiger partial charge on any atom is 0.310 e. The van der Waals surface area contributed by atoms with Crippen LogP contribution in [-0.2, 0) is 0 Å². The van der Waals surface area contributed by atoms with Crippen molar-refractivity contribution >= 4 is 15.9 Å². The first-order valence-corrected chi connectivity index (χ1v) is 3.77. The van der Waals surface area contributed by atoms with Gasteiger partial charge in [-0.15, -0.1) is 0 Å². The first-order chi connectivity index (χ1) is 4.42. The molecule has 0 saturated heterocycles. The first-order valence-electron chi connectivity index (χ1n) is 2.64. The molecule has 5 heteroatoms. The van der Waals surface area contributed by atoms with Crippen LogP contribution in [-0.4, -0.2) is 17.7 Å². The minimum absolute atomic E-state index is 0.121. The molecule has 0 fully saturated rings. The molecule has 1 unspecified atom stereocenters. The maximum atomic E-state index is 12.2. The zero-order valence-electron chi connectivity index (χ0n) is 5.25. The van der Waals surface area contributed by atoms with Crippen molar-refractivity contribution in [2.24, 2.45) is 5.92 Å². The van der Waals surface area contributed by atoms with E-state index in [1.54, 1.807) is 0 Å². The lowest BCUT2D eigenvalue weighted by Crippen LogP contribution is -2.35. The fourth-order valence-electron chi connectivity index (χ4n) is 0.318. The van der Waals surface area contributed by atoms with Gasteiger partial charge in [-0.3, -0.25) is 0 Å². The highest BCUT2D eigenvalue weighted by atomic mass is 79.9. The molecule has 10 heavy (non-hydrogen) atoms. The zero-order valence-corrected chi connectivity index (χ0v) is 6.84. The van der Waals surface area contributed by atoms with Crippen LogP contribution in [0.4, 0.5) is 17.6 Å². The van der Waals surface area contributed by atoms with E-state index in [9.17, 15) is 17.6 Å². The van der Waals surface area contributed by atoms with Crippen LogP contribution in [0, 0.1) is 5.92 Å². The van der Waals surface area contributed by atoms with Crippen LogP contribution < -0.4 is 0 Å². The summed E-state index contributed by atoms with van der Waals surface area (Å²) < 4.78 is 47.3. The molecule has 0 aromatic heterocycles. The van der Waals surface area contributed by atoms with Gasteiger partial charge in [-0.05, 0) is 0 Å². The van der Waals surface area contributed by atoms with Gasteiger partial charge < -0.3 is 0 Å². The second kappa shape index (κ2) is 3.55. The SMILES string of the molecule is CC(CBr)C(F)(F)C(F)F. The second-order valence-corrected chi connectivity index (χ2v) is 2.68. The molecule has 0 bridgehead atoms. The Morgan fingerprint density at radius 3 is 1.90 bits per heavy atom. The highest BCUT2D eigenvalue weighted by Gasteiger charge is 2.45. The van der Waals surface area contributed by atoms with Crippen molar-refractivity contribution in [2.45, 2.75) is 19.3 Å². The number of hydrogen-bond donors (Lipinski definition) is 0. The summed E-state index contributed by atoms with van der Waals surface area (Å²) in [5.74, 6) is -5.20. The average molecular weight is 223 g/mol. The lowest BCUT2D eigenvalue weighted by molar-refractivity contribution is -0.155. The van der Waals surface area contributed by atoms with E-state index in [4.69, 9.17) is 0 Å².